The first-order valence-electron chi connectivity index (χ1n) is 6.49. The van der Waals surface area contributed by atoms with Gasteiger partial charge in [0, 0.05) is 16.8 Å². The lowest BCUT2D eigenvalue weighted by Crippen LogP contribution is -2.03. The first kappa shape index (κ1) is 11.7. The highest BCUT2D eigenvalue weighted by molar-refractivity contribution is 6.34. The van der Waals surface area contributed by atoms with Crippen molar-refractivity contribution in [3.63, 3.8) is 0 Å². The molecule has 0 aliphatic carbocycles. The summed E-state index contributed by atoms with van der Waals surface area (Å²) in [6.45, 7) is 2.13. The fourth-order valence-corrected chi connectivity index (χ4v) is 2.30. The highest BCUT2D eigenvalue weighted by Crippen LogP contribution is 2.32. The zero-order valence-electron chi connectivity index (χ0n) is 10.8. The second kappa shape index (κ2) is 4.73. The molecule has 0 radical (unpaired) electrons. The maximum absolute atomic E-state index is 12.0. The van der Waals surface area contributed by atoms with Crippen LogP contribution in [-0.4, -0.2) is 5.91 Å². The minimum absolute atomic E-state index is 0.0271. The van der Waals surface area contributed by atoms with Gasteiger partial charge in [0.1, 0.15) is 0 Å². The Labute approximate surface area is 112 Å². The van der Waals surface area contributed by atoms with Crippen molar-refractivity contribution >= 4 is 23.2 Å². The van der Waals surface area contributed by atoms with Crippen molar-refractivity contribution in [2.24, 2.45) is 0 Å². The van der Waals surface area contributed by atoms with E-state index in [1.807, 2.05) is 30.3 Å². The van der Waals surface area contributed by atoms with Gasteiger partial charge in [0.05, 0.1) is 0 Å². The largest absolute Gasteiger partial charge is 0.321 e. The van der Waals surface area contributed by atoms with E-state index in [0.717, 1.165) is 28.8 Å². The smallest absolute Gasteiger partial charge is 0.256 e. The zero-order valence-corrected chi connectivity index (χ0v) is 10.8. The number of amides is 1. The molecule has 0 saturated carbocycles. The third-order valence-electron chi connectivity index (χ3n) is 3.41. The molecule has 94 valence electrons. The fraction of sp³-hybridized carbons (Fsp3) is 0.118. The molecule has 0 unspecified atom stereocenters. The molecule has 1 aliphatic rings. The molecule has 2 heteroatoms. The first-order valence-corrected chi connectivity index (χ1v) is 6.49. The summed E-state index contributed by atoms with van der Waals surface area (Å²) in [6, 6.07) is 16.1. The molecule has 19 heavy (non-hydrogen) atoms. The van der Waals surface area contributed by atoms with E-state index >= 15 is 0 Å². The maximum atomic E-state index is 12.0. The van der Waals surface area contributed by atoms with Crippen LogP contribution in [0.4, 0.5) is 5.69 Å². The fourth-order valence-electron chi connectivity index (χ4n) is 2.30. The molecule has 2 aromatic carbocycles. The third-order valence-corrected chi connectivity index (χ3v) is 3.41. The molecule has 0 atom stereocenters. The molecule has 0 fully saturated rings. The quantitative estimate of drug-likeness (QED) is 0.807. The summed E-state index contributed by atoms with van der Waals surface area (Å²) in [4.78, 5) is 12.0. The Kier molecular flexibility index (Phi) is 2.92. The number of nitrogens with one attached hydrogen (secondary N) is 1. The van der Waals surface area contributed by atoms with Gasteiger partial charge in [-0.15, -0.1) is 0 Å². The number of aryl methyl sites for hydroxylation is 1. The SMILES string of the molecule is CCc1ccc(/C=C2/C(=O)Nc3ccccc32)cc1. The molecule has 0 saturated heterocycles. The number of anilines is 1. The van der Waals surface area contributed by atoms with Gasteiger partial charge in [0.25, 0.3) is 5.91 Å². The second-order valence-corrected chi connectivity index (χ2v) is 4.65. The Bertz CT molecular complexity index is 653. The summed E-state index contributed by atoms with van der Waals surface area (Å²) in [5.41, 5.74) is 4.97. The van der Waals surface area contributed by atoms with Crippen LogP contribution in [0.25, 0.3) is 11.6 Å². The van der Waals surface area contributed by atoms with Gasteiger partial charge in [0.2, 0.25) is 0 Å². The van der Waals surface area contributed by atoms with Crippen molar-refractivity contribution in [3.8, 4) is 0 Å². The van der Waals surface area contributed by atoms with Crippen LogP contribution in [0.1, 0.15) is 23.6 Å². The summed E-state index contributed by atoms with van der Waals surface area (Å²) >= 11 is 0. The molecule has 3 rings (SSSR count). The number of hydrogen-bond donors (Lipinski definition) is 1. The van der Waals surface area contributed by atoms with Crippen LogP contribution in [0.15, 0.2) is 48.5 Å². The number of rotatable bonds is 2. The second-order valence-electron chi connectivity index (χ2n) is 4.65. The van der Waals surface area contributed by atoms with Crippen LogP contribution in [0.5, 0.6) is 0 Å². The molecule has 1 aliphatic heterocycles. The summed E-state index contributed by atoms with van der Waals surface area (Å²) in [5, 5.41) is 2.88. The van der Waals surface area contributed by atoms with Crippen molar-refractivity contribution in [1.82, 2.24) is 0 Å². The van der Waals surface area contributed by atoms with Gasteiger partial charge in [-0.25, -0.2) is 0 Å². The van der Waals surface area contributed by atoms with E-state index in [0.29, 0.717) is 0 Å². The van der Waals surface area contributed by atoms with Gasteiger partial charge in [-0.3, -0.25) is 4.79 Å². The third kappa shape index (κ3) is 2.17. The predicted molar refractivity (Wildman–Crippen MR) is 78.8 cm³/mol. The topological polar surface area (TPSA) is 29.1 Å². The molecule has 1 amide bonds. The molecule has 1 heterocycles. The van der Waals surface area contributed by atoms with E-state index in [4.69, 9.17) is 0 Å². The highest BCUT2D eigenvalue weighted by Gasteiger charge is 2.22. The maximum Gasteiger partial charge on any atom is 0.256 e. The first-order chi connectivity index (χ1) is 9.28. The van der Waals surface area contributed by atoms with Crippen LogP contribution < -0.4 is 5.32 Å². The van der Waals surface area contributed by atoms with Gasteiger partial charge < -0.3 is 5.32 Å². The zero-order chi connectivity index (χ0) is 13.2. The normalized spacial score (nSPS) is 15.4. The van der Waals surface area contributed by atoms with Gasteiger partial charge in [-0.2, -0.15) is 0 Å². The van der Waals surface area contributed by atoms with Crippen molar-refractivity contribution in [2.45, 2.75) is 13.3 Å². The average Bonchev–Trinajstić information content (AvgIpc) is 2.76. The Balaban J connectivity index is 2.01. The molecular formula is C17H15NO. The Hall–Kier alpha value is -2.35. The highest BCUT2D eigenvalue weighted by atomic mass is 16.1. The van der Waals surface area contributed by atoms with Crippen LogP contribution in [0.3, 0.4) is 0 Å². The lowest BCUT2D eigenvalue weighted by Gasteiger charge is -2.00. The van der Waals surface area contributed by atoms with E-state index in [1.165, 1.54) is 5.56 Å². The van der Waals surface area contributed by atoms with Gasteiger partial charge in [-0.05, 0) is 29.7 Å². The van der Waals surface area contributed by atoms with Crippen molar-refractivity contribution in [1.29, 1.82) is 0 Å². The molecule has 2 nitrogen and oxygen atoms in total. The van der Waals surface area contributed by atoms with Crippen LogP contribution in [0, 0.1) is 0 Å². The number of hydrogen-bond acceptors (Lipinski definition) is 1. The van der Waals surface area contributed by atoms with E-state index in [-0.39, 0.29) is 5.91 Å². The minimum Gasteiger partial charge on any atom is -0.321 e. The van der Waals surface area contributed by atoms with E-state index in [9.17, 15) is 4.79 Å². The number of carbonyl (C=O) groups is 1. The molecule has 1 N–H and O–H groups in total. The standard InChI is InChI=1S/C17H15NO/c1-2-12-7-9-13(10-8-12)11-15-14-5-3-4-6-16(14)18-17(15)19/h3-11H,2H2,1H3,(H,18,19)/b15-11+. The Morgan fingerprint density at radius 1 is 1.05 bits per heavy atom. The Morgan fingerprint density at radius 2 is 1.79 bits per heavy atom. The van der Waals surface area contributed by atoms with E-state index in [2.05, 4.69) is 36.5 Å². The summed E-state index contributed by atoms with van der Waals surface area (Å²) in [5.74, 6) is -0.0271. The van der Waals surface area contributed by atoms with E-state index in [1.54, 1.807) is 0 Å². The lowest BCUT2D eigenvalue weighted by molar-refractivity contribution is -0.110. The van der Waals surface area contributed by atoms with Crippen molar-refractivity contribution in [2.75, 3.05) is 5.32 Å². The summed E-state index contributed by atoms with van der Waals surface area (Å²) in [6.07, 6.45) is 2.97. The van der Waals surface area contributed by atoms with Gasteiger partial charge in [0.15, 0.2) is 0 Å². The molecule has 0 aromatic heterocycles. The summed E-state index contributed by atoms with van der Waals surface area (Å²) in [7, 11) is 0. The molecule has 0 spiro atoms. The average molecular weight is 249 g/mol. The van der Waals surface area contributed by atoms with Crippen molar-refractivity contribution < 1.29 is 4.79 Å². The molecule has 2 aromatic rings. The summed E-state index contributed by atoms with van der Waals surface area (Å²) < 4.78 is 0. The molecule has 0 bridgehead atoms. The lowest BCUT2D eigenvalue weighted by atomic mass is 10.0. The molecular weight excluding hydrogens is 234 g/mol. The van der Waals surface area contributed by atoms with E-state index < -0.39 is 0 Å². The van der Waals surface area contributed by atoms with Gasteiger partial charge >= 0.3 is 0 Å². The van der Waals surface area contributed by atoms with Crippen LogP contribution in [-0.2, 0) is 11.2 Å². The predicted octanol–water partition coefficient (Wildman–Crippen LogP) is 3.74. The minimum atomic E-state index is -0.0271. The number of carbonyl (C=O) groups excluding carboxylic acids is 1. The van der Waals surface area contributed by atoms with Crippen molar-refractivity contribution in [3.05, 3.63) is 65.2 Å². The van der Waals surface area contributed by atoms with Crippen LogP contribution >= 0.6 is 0 Å². The van der Waals surface area contributed by atoms with Crippen LogP contribution in [0.2, 0.25) is 0 Å². The monoisotopic (exact) mass is 249 g/mol. The number of fused-ring (bicyclic) bond motifs is 1. The number of para-hydroxylation sites is 1. The van der Waals surface area contributed by atoms with Gasteiger partial charge in [-0.1, -0.05) is 49.4 Å². The number of benzene rings is 2. The Morgan fingerprint density at radius 3 is 2.53 bits per heavy atom.